The van der Waals surface area contributed by atoms with Crippen molar-refractivity contribution in [2.75, 3.05) is 11.5 Å². The summed E-state index contributed by atoms with van der Waals surface area (Å²) in [7, 11) is 0. The molecular weight excluding hydrogens is 677 g/mol. The second-order valence-corrected chi connectivity index (χ2v) is 17.1. The predicted octanol–water partition coefficient (Wildman–Crippen LogP) is 15.5. The summed E-state index contributed by atoms with van der Waals surface area (Å²) in [5.41, 5.74) is 25.7. The van der Waals surface area contributed by atoms with Crippen molar-refractivity contribution in [2.24, 2.45) is 0 Å². The van der Waals surface area contributed by atoms with Gasteiger partial charge < -0.3 is 11.5 Å². The molecule has 0 unspecified atom stereocenters. The lowest BCUT2D eigenvalue weighted by Crippen LogP contribution is -1.99. The van der Waals surface area contributed by atoms with E-state index >= 15 is 0 Å². The summed E-state index contributed by atoms with van der Waals surface area (Å²) in [6.45, 7) is 4.57. The Balaban J connectivity index is 1.01. The zero-order valence-electron chi connectivity index (χ0n) is 36.0. The molecule has 0 spiro atoms. The molecule has 0 saturated carbocycles. The summed E-state index contributed by atoms with van der Waals surface area (Å²) in [4.78, 5) is 0. The van der Waals surface area contributed by atoms with E-state index in [0.29, 0.717) is 0 Å². The molecule has 306 valence electrons. The maximum Gasteiger partial charge on any atom is 0.0316 e. The summed E-state index contributed by atoms with van der Waals surface area (Å²) in [5.74, 6) is 0. The van der Waals surface area contributed by atoms with E-state index in [1.54, 1.807) is 0 Å². The van der Waals surface area contributed by atoms with Gasteiger partial charge >= 0.3 is 0 Å². The number of benzene rings is 4. The molecule has 0 bridgehead atoms. The number of aryl methyl sites for hydroxylation is 4. The Kier molecular flexibility index (Phi) is 22.6. The fraction of sp³-hybridized carbons (Fsp3) is 0.556. The summed E-state index contributed by atoms with van der Waals surface area (Å²) in [5, 5.41) is 0. The van der Waals surface area contributed by atoms with Gasteiger partial charge in [0.05, 0.1) is 0 Å². The van der Waals surface area contributed by atoms with Crippen molar-refractivity contribution in [1.29, 1.82) is 0 Å². The quantitative estimate of drug-likeness (QED) is 0.0397. The van der Waals surface area contributed by atoms with Crippen LogP contribution < -0.4 is 11.5 Å². The van der Waals surface area contributed by atoms with E-state index in [1.807, 2.05) is 0 Å². The minimum Gasteiger partial charge on any atom is -0.399 e. The molecule has 4 rings (SSSR count). The summed E-state index contributed by atoms with van der Waals surface area (Å²) < 4.78 is 0. The molecule has 2 heteroatoms. The number of hydrogen-bond donors (Lipinski definition) is 2. The third-order valence-corrected chi connectivity index (χ3v) is 12.1. The predicted molar refractivity (Wildman–Crippen MR) is 248 cm³/mol. The van der Waals surface area contributed by atoms with Gasteiger partial charge in [-0.25, -0.2) is 0 Å². The molecule has 0 aliphatic carbocycles. The summed E-state index contributed by atoms with van der Waals surface area (Å²) in [6, 6.07) is 32.0. The van der Waals surface area contributed by atoms with Crippen molar-refractivity contribution < 1.29 is 0 Å². The lowest BCUT2D eigenvalue weighted by atomic mass is 9.94. The van der Waals surface area contributed by atoms with Gasteiger partial charge in [-0.15, -0.1) is 0 Å². The maximum atomic E-state index is 6.18. The van der Waals surface area contributed by atoms with Gasteiger partial charge in [-0.1, -0.05) is 190 Å². The van der Waals surface area contributed by atoms with Gasteiger partial charge in [-0.3, -0.25) is 0 Å². The molecule has 4 N–H and O–H groups in total. The van der Waals surface area contributed by atoms with Gasteiger partial charge in [0.15, 0.2) is 0 Å². The molecular formula is C54H80N2. The normalized spacial score (nSPS) is 11.4. The van der Waals surface area contributed by atoms with Gasteiger partial charge in [0.2, 0.25) is 0 Å². The number of hydrogen-bond acceptors (Lipinski definition) is 2. The largest absolute Gasteiger partial charge is 0.399 e. The van der Waals surface area contributed by atoms with Crippen LogP contribution in [0.5, 0.6) is 0 Å². The average Bonchev–Trinajstić information content (AvgIpc) is 3.21. The SMILES string of the molecule is CCCCCCCCc1cc(N)ccc1Cc1ccc(CCCCCCCCCCCCc2ccc(Cc3ccc(N)cc3CCCCCCCC)cc2)cc1. The molecule has 0 radical (unpaired) electrons. The van der Waals surface area contributed by atoms with Crippen LogP contribution in [0.2, 0.25) is 0 Å². The van der Waals surface area contributed by atoms with Crippen molar-refractivity contribution in [3.63, 3.8) is 0 Å². The number of nitrogens with two attached hydrogens (primary N) is 2. The molecule has 0 aromatic heterocycles. The molecule has 2 nitrogen and oxygen atoms in total. The minimum absolute atomic E-state index is 0.896. The second-order valence-electron chi connectivity index (χ2n) is 17.1. The Labute approximate surface area is 344 Å². The molecule has 0 amide bonds. The number of nitrogen functional groups attached to an aromatic ring is 2. The van der Waals surface area contributed by atoms with Gasteiger partial charge in [0.25, 0.3) is 0 Å². The van der Waals surface area contributed by atoms with Crippen LogP contribution in [0.25, 0.3) is 0 Å². The first kappa shape index (κ1) is 45.2. The molecule has 4 aromatic rings. The van der Waals surface area contributed by atoms with Crippen molar-refractivity contribution in [1.82, 2.24) is 0 Å². The van der Waals surface area contributed by atoms with Crippen LogP contribution in [0.1, 0.15) is 200 Å². The highest BCUT2D eigenvalue weighted by Gasteiger charge is 2.08. The highest BCUT2D eigenvalue weighted by atomic mass is 14.5. The Morgan fingerprint density at radius 1 is 0.286 bits per heavy atom. The van der Waals surface area contributed by atoms with Crippen LogP contribution in [0.15, 0.2) is 84.9 Å². The van der Waals surface area contributed by atoms with E-state index in [4.69, 9.17) is 11.5 Å². The molecule has 56 heavy (non-hydrogen) atoms. The third-order valence-electron chi connectivity index (χ3n) is 12.1. The third kappa shape index (κ3) is 18.6. The zero-order valence-corrected chi connectivity index (χ0v) is 36.0. The van der Waals surface area contributed by atoms with Gasteiger partial charge in [-0.2, -0.15) is 0 Å². The monoisotopic (exact) mass is 757 g/mol. The smallest absolute Gasteiger partial charge is 0.0316 e. The standard InChI is InChI=1S/C54H80N2/c1-3-5-7-9-19-23-27-49-43-53(55)39-37-51(49)41-47-33-29-45(30-34-47)25-21-17-15-13-11-12-14-16-18-22-26-46-31-35-48(36-32-46)42-52-38-40-54(56)44-50(52)28-24-20-10-8-6-4-2/h29-40,43-44H,3-28,41-42,55-56H2,1-2H3. The van der Waals surface area contributed by atoms with E-state index in [0.717, 1.165) is 37.1 Å². The number of rotatable bonds is 31. The maximum absolute atomic E-state index is 6.18. The first-order valence-electron chi connectivity index (χ1n) is 23.4. The van der Waals surface area contributed by atoms with Crippen LogP contribution in [-0.2, 0) is 38.5 Å². The molecule has 0 aliphatic heterocycles. The molecule has 0 atom stereocenters. The van der Waals surface area contributed by atoms with Crippen molar-refractivity contribution in [3.05, 3.63) is 129 Å². The Bertz CT molecular complexity index is 1460. The average molecular weight is 757 g/mol. The summed E-state index contributed by atoms with van der Waals surface area (Å²) in [6.07, 6.45) is 36.4. The zero-order chi connectivity index (χ0) is 39.5. The lowest BCUT2D eigenvalue weighted by molar-refractivity contribution is 0.551. The molecule has 0 saturated heterocycles. The van der Waals surface area contributed by atoms with Crippen LogP contribution in [0.4, 0.5) is 11.4 Å². The second kappa shape index (κ2) is 28.0. The van der Waals surface area contributed by atoms with E-state index in [1.165, 1.54) is 199 Å². The van der Waals surface area contributed by atoms with Crippen molar-refractivity contribution >= 4 is 11.4 Å². The van der Waals surface area contributed by atoms with Crippen LogP contribution >= 0.6 is 0 Å². The van der Waals surface area contributed by atoms with E-state index in [-0.39, 0.29) is 0 Å². The van der Waals surface area contributed by atoms with Crippen LogP contribution in [0.3, 0.4) is 0 Å². The lowest BCUT2D eigenvalue weighted by Gasteiger charge is -2.12. The topological polar surface area (TPSA) is 52.0 Å². The van der Waals surface area contributed by atoms with Crippen molar-refractivity contribution in [2.45, 2.75) is 194 Å². The van der Waals surface area contributed by atoms with Crippen LogP contribution in [0, 0.1) is 0 Å². The highest BCUT2D eigenvalue weighted by Crippen LogP contribution is 2.23. The highest BCUT2D eigenvalue weighted by molar-refractivity contribution is 5.47. The van der Waals surface area contributed by atoms with E-state index in [2.05, 4.69) is 98.8 Å². The van der Waals surface area contributed by atoms with E-state index in [9.17, 15) is 0 Å². The first-order chi connectivity index (χ1) is 27.5. The van der Waals surface area contributed by atoms with Gasteiger partial charge in [-0.05, 0) is 133 Å². The molecule has 4 aromatic carbocycles. The number of unbranched alkanes of at least 4 members (excludes halogenated alkanes) is 19. The fourth-order valence-electron chi connectivity index (χ4n) is 8.45. The van der Waals surface area contributed by atoms with E-state index < -0.39 is 0 Å². The Hall–Kier alpha value is -3.52. The van der Waals surface area contributed by atoms with Crippen molar-refractivity contribution in [3.8, 4) is 0 Å². The van der Waals surface area contributed by atoms with Crippen LogP contribution in [-0.4, -0.2) is 0 Å². The van der Waals surface area contributed by atoms with Gasteiger partial charge in [0, 0.05) is 11.4 Å². The number of anilines is 2. The molecule has 0 heterocycles. The fourth-order valence-corrected chi connectivity index (χ4v) is 8.45. The Morgan fingerprint density at radius 3 is 0.911 bits per heavy atom. The Morgan fingerprint density at radius 2 is 0.571 bits per heavy atom. The van der Waals surface area contributed by atoms with Gasteiger partial charge in [0.1, 0.15) is 0 Å². The minimum atomic E-state index is 0.896. The summed E-state index contributed by atoms with van der Waals surface area (Å²) >= 11 is 0. The molecule has 0 fully saturated rings. The molecule has 0 aliphatic rings. The first-order valence-corrected chi connectivity index (χ1v) is 23.4.